The number of benzene rings is 2. The van der Waals surface area contributed by atoms with Crippen LogP contribution in [0.2, 0.25) is 20.1 Å². The third-order valence-corrected chi connectivity index (χ3v) is 8.86. The van der Waals surface area contributed by atoms with Crippen molar-refractivity contribution in [3.8, 4) is 0 Å². The van der Waals surface area contributed by atoms with Gasteiger partial charge in [-0.15, -0.1) is 0 Å². The van der Waals surface area contributed by atoms with Crippen LogP contribution in [0.15, 0.2) is 59.1 Å². The normalized spacial score (nSPS) is 14.9. The van der Waals surface area contributed by atoms with Crippen molar-refractivity contribution >= 4 is 81.9 Å². The number of carboxylic acids is 1. The van der Waals surface area contributed by atoms with Gasteiger partial charge in [-0.3, -0.25) is 24.0 Å². The molecular weight excluding hydrogens is 728 g/mol. The number of nitrogens with zero attached hydrogens (tertiary/aromatic N) is 4. The van der Waals surface area contributed by atoms with Gasteiger partial charge in [0.25, 0.3) is 23.6 Å². The number of aliphatic hydroxyl groups excluding tert-OH is 2. The van der Waals surface area contributed by atoms with Gasteiger partial charge < -0.3 is 40.7 Å². The molecule has 5 amide bonds. The molecule has 14 nitrogen and oxygen atoms in total. The summed E-state index contributed by atoms with van der Waals surface area (Å²) in [4.78, 5) is 75.7. The van der Waals surface area contributed by atoms with Gasteiger partial charge in [0.15, 0.2) is 11.5 Å². The maximum atomic E-state index is 12.6. The maximum absolute atomic E-state index is 12.6. The monoisotopic (exact) mass is 757 g/mol. The number of rotatable bonds is 10. The van der Waals surface area contributed by atoms with Gasteiger partial charge in [0.2, 0.25) is 5.91 Å². The second-order valence-corrected chi connectivity index (χ2v) is 12.7. The lowest BCUT2D eigenvalue weighted by Crippen LogP contribution is -2.45. The lowest BCUT2D eigenvalue weighted by Gasteiger charge is -2.24. The van der Waals surface area contributed by atoms with E-state index in [1.165, 1.54) is 28.8 Å². The SMILES string of the molecule is CN(Cc1ccc(Cl)c(Cl)c1)C(=O)C1=C(O)C(=O)N(C(CC(N)=O)C(=O)O)C1.CN1CC(C(=O)N(C)Cc2ccc(Cl)c(Cl)c2)=C(O)C1=O. The predicted octanol–water partition coefficient (Wildman–Crippen LogP) is 3.17. The molecule has 5 N–H and O–H groups in total. The van der Waals surface area contributed by atoms with Gasteiger partial charge in [-0.05, 0) is 35.4 Å². The summed E-state index contributed by atoms with van der Waals surface area (Å²) in [7, 11) is 4.56. The molecule has 0 saturated heterocycles. The summed E-state index contributed by atoms with van der Waals surface area (Å²) in [6, 6.07) is 8.30. The Kier molecular flexibility index (Phi) is 12.9. The molecule has 2 aliphatic rings. The second-order valence-electron chi connectivity index (χ2n) is 11.1. The third-order valence-electron chi connectivity index (χ3n) is 7.38. The summed E-state index contributed by atoms with van der Waals surface area (Å²) in [6.07, 6.45) is -0.644. The Labute approximate surface area is 300 Å². The first-order chi connectivity index (χ1) is 22.8. The Morgan fingerprint density at radius 1 is 0.776 bits per heavy atom. The van der Waals surface area contributed by atoms with Crippen LogP contribution in [-0.2, 0) is 41.9 Å². The van der Waals surface area contributed by atoms with Crippen LogP contribution in [0.5, 0.6) is 0 Å². The Morgan fingerprint density at radius 2 is 1.20 bits per heavy atom. The highest BCUT2D eigenvalue weighted by atomic mass is 35.5. The number of carbonyl (C=O) groups is 6. The van der Waals surface area contributed by atoms with Crippen LogP contribution in [-0.4, -0.2) is 111 Å². The summed E-state index contributed by atoms with van der Waals surface area (Å²) in [5, 5.41) is 30.5. The van der Waals surface area contributed by atoms with Crippen LogP contribution < -0.4 is 5.73 Å². The highest BCUT2D eigenvalue weighted by Crippen LogP contribution is 2.26. The van der Waals surface area contributed by atoms with E-state index >= 15 is 0 Å². The number of halogens is 4. The molecular formula is C31H31Cl4N5O9. The van der Waals surface area contributed by atoms with E-state index in [9.17, 15) is 44.1 Å². The number of carboxylic acid groups (broad SMARTS) is 1. The zero-order valence-corrected chi connectivity index (χ0v) is 29.3. The molecule has 1 atom stereocenters. The summed E-state index contributed by atoms with van der Waals surface area (Å²) in [6.45, 7) is 0.0451. The number of nitrogens with two attached hydrogens (primary N) is 1. The third kappa shape index (κ3) is 9.35. The van der Waals surface area contributed by atoms with Gasteiger partial charge in [-0.25, -0.2) is 4.79 Å². The van der Waals surface area contributed by atoms with Crippen LogP contribution >= 0.6 is 46.4 Å². The average molecular weight is 759 g/mol. The molecule has 262 valence electrons. The molecule has 1 unspecified atom stereocenters. The number of primary amides is 1. The molecule has 18 heteroatoms. The largest absolute Gasteiger partial charge is 0.503 e. The number of carbonyl (C=O) groups excluding carboxylic acids is 5. The first-order valence-corrected chi connectivity index (χ1v) is 15.7. The summed E-state index contributed by atoms with van der Waals surface area (Å²) < 4.78 is 0. The summed E-state index contributed by atoms with van der Waals surface area (Å²) in [5.74, 6) is -6.42. The standard InChI is InChI=1S/C17H17Cl2N3O6.C14H14Cl2N2O3/c1-21(6-8-2-3-10(18)11(19)4-8)15(25)9-7-22(16(26)14(9)24)12(17(27)28)5-13(20)23;1-17(6-8-3-4-10(15)11(16)5-8)13(20)9-7-18(2)14(21)12(9)19/h2-4,12,24H,5-7H2,1H3,(H2,20,23)(H,27,28);3-5,19H,6-7H2,1-2H3. The van der Waals surface area contributed by atoms with E-state index in [0.717, 1.165) is 10.5 Å². The second kappa shape index (κ2) is 16.3. The van der Waals surface area contributed by atoms with Gasteiger partial charge in [0, 0.05) is 34.2 Å². The van der Waals surface area contributed by atoms with Gasteiger partial charge >= 0.3 is 5.97 Å². The number of aliphatic carboxylic acids is 1. The highest BCUT2D eigenvalue weighted by Gasteiger charge is 2.42. The van der Waals surface area contributed by atoms with Crippen LogP contribution in [0, 0.1) is 0 Å². The quantitative estimate of drug-likeness (QED) is 0.281. The smallest absolute Gasteiger partial charge is 0.326 e. The minimum atomic E-state index is -1.59. The van der Waals surface area contributed by atoms with E-state index < -0.39 is 66.0 Å². The van der Waals surface area contributed by atoms with Crippen molar-refractivity contribution < 1.29 is 44.1 Å². The number of aliphatic hydroxyl groups is 2. The van der Waals surface area contributed by atoms with Crippen molar-refractivity contribution in [2.45, 2.75) is 25.6 Å². The maximum Gasteiger partial charge on any atom is 0.326 e. The molecule has 0 spiro atoms. The van der Waals surface area contributed by atoms with Gasteiger partial charge in [-0.2, -0.15) is 0 Å². The van der Waals surface area contributed by atoms with Crippen LogP contribution in [0.3, 0.4) is 0 Å². The minimum Gasteiger partial charge on any atom is -0.503 e. The van der Waals surface area contributed by atoms with Crippen molar-refractivity contribution in [2.24, 2.45) is 5.73 Å². The molecule has 2 aromatic carbocycles. The van der Waals surface area contributed by atoms with E-state index in [0.29, 0.717) is 32.2 Å². The van der Waals surface area contributed by atoms with Crippen LogP contribution in [0.1, 0.15) is 17.5 Å². The van der Waals surface area contributed by atoms with Gasteiger partial charge in [0.05, 0.1) is 50.7 Å². The van der Waals surface area contributed by atoms with Crippen LogP contribution in [0.25, 0.3) is 0 Å². The first kappa shape index (κ1) is 38.9. The molecule has 0 aromatic heterocycles. The minimum absolute atomic E-state index is 0.102. The zero-order chi connectivity index (χ0) is 36.9. The lowest BCUT2D eigenvalue weighted by atomic mass is 10.1. The van der Waals surface area contributed by atoms with E-state index in [2.05, 4.69) is 0 Å². The van der Waals surface area contributed by atoms with Gasteiger partial charge in [-0.1, -0.05) is 58.5 Å². The fraction of sp³-hybridized carbons (Fsp3) is 0.290. The molecule has 0 saturated carbocycles. The van der Waals surface area contributed by atoms with Crippen molar-refractivity contribution in [1.82, 2.24) is 19.6 Å². The molecule has 0 bridgehead atoms. The Bertz CT molecular complexity index is 1780. The van der Waals surface area contributed by atoms with E-state index in [4.69, 9.17) is 52.1 Å². The Hall–Kier alpha value is -4.50. The average Bonchev–Trinajstić information content (AvgIpc) is 3.47. The lowest BCUT2D eigenvalue weighted by molar-refractivity contribution is -0.150. The van der Waals surface area contributed by atoms with E-state index in [1.807, 2.05) is 0 Å². The van der Waals surface area contributed by atoms with Crippen molar-refractivity contribution in [3.63, 3.8) is 0 Å². The highest BCUT2D eigenvalue weighted by molar-refractivity contribution is 6.42. The van der Waals surface area contributed by atoms with E-state index in [-0.39, 0.29) is 24.2 Å². The first-order valence-electron chi connectivity index (χ1n) is 14.1. The molecule has 0 aliphatic carbocycles. The number of amides is 5. The number of likely N-dealkylation sites (N-methyl/N-ethyl adjacent to an activating group) is 3. The molecule has 4 rings (SSSR count). The topological polar surface area (TPSA) is 202 Å². The molecule has 49 heavy (non-hydrogen) atoms. The fourth-order valence-electron chi connectivity index (χ4n) is 4.81. The number of hydrogen-bond donors (Lipinski definition) is 4. The molecule has 2 aliphatic heterocycles. The number of hydrogen-bond acceptors (Lipinski definition) is 8. The van der Waals surface area contributed by atoms with Crippen molar-refractivity contribution in [2.75, 3.05) is 34.2 Å². The van der Waals surface area contributed by atoms with E-state index in [1.54, 1.807) is 43.4 Å². The predicted molar refractivity (Wildman–Crippen MR) is 180 cm³/mol. The molecule has 2 aromatic rings. The Morgan fingerprint density at radius 3 is 1.57 bits per heavy atom. The van der Waals surface area contributed by atoms with Gasteiger partial charge in [0.1, 0.15) is 6.04 Å². The van der Waals surface area contributed by atoms with Crippen molar-refractivity contribution in [3.05, 3.63) is 90.3 Å². The summed E-state index contributed by atoms with van der Waals surface area (Å²) in [5.41, 5.74) is 6.31. The molecule has 0 fully saturated rings. The molecule has 2 heterocycles. The fourth-order valence-corrected chi connectivity index (χ4v) is 5.46. The van der Waals surface area contributed by atoms with Crippen molar-refractivity contribution in [1.29, 1.82) is 0 Å². The van der Waals surface area contributed by atoms with Crippen LogP contribution in [0.4, 0.5) is 0 Å². The zero-order valence-electron chi connectivity index (χ0n) is 26.2. The molecule has 0 radical (unpaired) electrons. The Balaban J connectivity index is 0.000000276. The summed E-state index contributed by atoms with van der Waals surface area (Å²) >= 11 is 23.6.